The summed E-state index contributed by atoms with van der Waals surface area (Å²) >= 11 is 0. The average Bonchev–Trinajstić information content (AvgIpc) is 3.05. The molecule has 0 bridgehead atoms. The molecule has 0 saturated carbocycles. The maximum Gasteiger partial charge on any atom is 0.0972 e. The van der Waals surface area contributed by atoms with Crippen molar-refractivity contribution < 1.29 is 4.74 Å². The Morgan fingerprint density at radius 3 is 2.52 bits per heavy atom. The number of nitrogens with one attached hydrogen (secondary N) is 1. The van der Waals surface area contributed by atoms with Gasteiger partial charge in [0.2, 0.25) is 0 Å². The lowest BCUT2D eigenvalue weighted by Gasteiger charge is -2.38. The van der Waals surface area contributed by atoms with Gasteiger partial charge in [0, 0.05) is 35.8 Å². The quantitative estimate of drug-likeness (QED) is 0.712. The Bertz CT molecular complexity index is 923. The molecule has 1 aromatic heterocycles. The summed E-state index contributed by atoms with van der Waals surface area (Å²) in [5.74, 6) is 0. The van der Waals surface area contributed by atoms with Gasteiger partial charge in [-0.1, -0.05) is 48.4 Å². The summed E-state index contributed by atoms with van der Waals surface area (Å²) in [6, 6.07) is 17.0. The number of hydrogen-bond donors (Lipinski definition) is 1. The van der Waals surface area contributed by atoms with E-state index in [1.54, 1.807) is 0 Å². The molecule has 2 heterocycles. The minimum absolute atomic E-state index is 0.260. The number of aromatic nitrogens is 2. The number of hydrogen-bond acceptors (Lipinski definition) is 3. The second-order valence-corrected chi connectivity index (χ2v) is 8.06. The zero-order valence-corrected chi connectivity index (χ0v) is 16.3. The van der Waals surface area contributed by atoms with Gasteiger partial charge in [-0.15, -0.1) is 0 Å². The fraction of sp³-hybridized carbons (Fsp3) is 0.348. The van der Waals surface area contributed by atoms with Gasteiger partial charge in [-0.2, -0.15) is 5.10 Å². The molecule has 0 atom stereocenters. The molecule has 0 unspecified atom stereocenters. The van der Waals surface area contributed by atoms with Crippen LogP contribution in [-0.2, 0) is 11.3 Å². The molecule has 1 fully saturated rings. The van der Waals surface area contributed by atoms with E-state index in [1.165, 1.54) is 16.7 Å². The van der Waals surface area contributed by atoms with E-state index in [-0.39, 0.29) is 5.41 Å². The number of benzene rings is 2. The van der Waals surface area contributed by atoms with Crippen LogP contribution in [0.4, 0.5) is 0 Å². The first-order valence-electron chi connectivity index (χ1n) is 9.54. The van der Waals surface area contributed by atoms with E-state index in [9.17, 15) is 0 Å². The van der Waals surface area contributed by atoms with Gasteiger partial charge in [0.1, 0.15) is 0 Å². The summed E-state index contributed by atoms with van der Waals surface area (Å²) in [6.07, 6.45) is 2.15. The molecular formula is C23H27N3O. The third-order valence-corrected chi connectivity index (χ3v) is 5.15. The zero-order chi connectivity index (χ0) is 18.9. The number of aryl methyl sites for hydroxylation is 2. The van der Waals surface area contributed by atoms with Gasteiger partial charge in [-0.25, -0.2) is 4.68 Å². The Labute approximate surface area is 161 Å². The molecule has 4 heteroatoms. The van der Waals surface area contributed by atoms with Crippen molar-refractivity contribution in [1.29, 1.82) is 0 Å². The summed E-state index contributed by atoms with van der Waals surface area (Å²) in [5.41, 5.74) is 7.26. The fourth-order valence-electron chi connectivity index (χ4n) is 3.46. The topological polar surface area (TPSA) is 39.1 Å². The van der Waals surface area contributed by atoms with Crippen molar-refractivity contribution in [1.82, 2.24) is 15.1 Å². The average molecular weight is 361 g/mol. The summed E-state index contributed by atoms with van der Waals surface area (Å²) in [7, 11) is 0. The SMILES string of the molecule is Cc1ccc(-n2cc(CNCC3(C)COC3)c(-c3cccc(C)c3)n2)cc1. The lowest BCUT2D eigenvalue weighted by Crippen LogP contribution is -2.47. The van der Waals surface area contributed by atoms with Crippen molar-refractivity contribution >= 4 is 0 Å². The molecule has 0 spiro atoms. The van der Waals surface area contributed by atoms with E-state index in [0.29, 0.717) is 0 Å². The molecule has 4 nitrogen and oxygen atoms in total. The Hall–Kier alpha value is -2.43. The van der Waals surface area contributed by atoms with Crippen LogP contribution >= 0.6 is 0 Å². The molecule has 1 N–H and O–H groups in total. The third kappa shape index (κ3) is 3.97. The van der Waals surface area contributed by atoms with E-state index >= 15 is 0 Å². The maximum absolute atomic E-state index is 5.36. The molecule has 4 rings (SSSR count). The highest BCUT2D eigenvalue weighted by Gasteiger charge is 2.32. The number of ether oxygens (including phenoxy) is 1. The van der Waals surface area contributed by atoms with Gasteiger partial charge in [-0.05, 0) is 32.0 Å². The molecule has 0 radical (unpaired) electrons. The van der Waals surface area contributed by atoms with Gasteiger partial charge in [0.05, 0.1) is 24.6 Å². The number of rotatable bonds is 6. The van der Waals surface area contributed by atoms with Crippen LogP contribution in [0, 0.1) is 19.3 Å². The summed E-state index contributed by atoms with van der Waals surface area (Å²) < 4.78 is 7.35. The van der Waals surface area contributed by atoms with E-state index in [0.717, 1.165) is 43.2 Å². The van der Waals surface area contributed by atoms with Crippen molar-refractivity contribution in [2.75, 3.05) is 19.8 Å². The lowest BCUT2D eigenvalue weighted by atomic mass is 9.89. The molecule has 1 aliphatic heterocycles. The van der Waals surface area contributed by atoms with Crippen LogP contribution in [0.25, 0.3) is 16.9 Å². The van der Waals surface area contributed by atoms with Crippen molar-refractivity contribution in [2.24, 2.45) is 5.41 Å². The van der Waals surface area contributed by atoms with Crippen molar-refractivity contribution in [3.05, 3.63) is 71.4 Å². The largest absolute Gasteiger partial charge is 0.380 e. The Balaban J connectivity index is 1.63. The van der Waals surface area contributed by atoms with E-state index < -0.39 is 0 Å². The van der Waals surface area contributed by atoms with Crippen LogP contribution in [0.5, 0.6) is 0 Å². The first-order valence-corrected chi connectivity index (χ1v) is 9.54. The second-order valence-electron chi connectivity index (χ2n) is 8.06. The smallest absolute Gasteiger partial charge is 0.0972 e. The summed E-state index contributed by atoms with van der Waals surface area (Å²) in [6.45, 7) is 9.92. The third-order valence-electron chi connectivity index (χ3n) is 5.15. The summed E-state index contributed by atoms with van der Waals surface area (Å²) in [4.78, 5) is 0. The van der Waals surface area contributed by atoms with Crippen LogP contribution in [0.2, 0.25) is 0 Å². The van der Waals surface area contributed by atoms with Crippen molar-refractivity contribution in [3.8, 4) is 16.9 Å². The monoisotopic (exact) mass is 361 g/mol. The predicted molar refractivity (Wildman–Crippen MR) is 109 cm³/mol. The van der Waals surface area contributed by atoms with Crippen LogP contribution < -0.4 is 5.32 Å². The molecule has 0 amide bonds. The fourth-order valence-corrected chi connectivity index (χ4v) is 3.46. The molecule has 2 aromatic carbocycles. The minimum atomic E-state index is 0.260. The zero-order valence-electron chi connectivity index (χ0n) is 16.3. The highest BCUT2D eigenvalue weighted by Crippen LogP contribution is 2.27. The molecule has 3 aromatic rings. The number of nitrogens with zero attached hydrogens (tertiary/aromatic N) is 2. The molecule has 1 saturated heterocycles. The first kappa shape index (κ1) is 18.0. The van der Waals surface area contributed by atoms with Crippen LogP contribution in [0.15, 0.2) is 54.7 Å². The second kappa shape index (κ2) is 7.29. The minimum Gasteiger partial charge on any atom is -0.380 e. The molecule has 27 heavy (non-hydrogen) atoms. The van der Waals surface area contributed by atoms with Crippen LogP contribution in [0.3, 0.4) is 0 Å². The summed E-state index contributed by atoms with van der Waals surface area (Å²) in [5, 5.41) is 8.53. The Morgan fingerprint density at radius 2 is 1.85 bits per heavy atom. The van der Waals surface area contributed by atoms with Gasteiger partial charge in [0.25, 0.3) is 0 Å². The molecule has 0 aliphatic carbocycles. The lowest BCUT2D eigenvalue weighted by molar-refractivity contribution is -0.0991. The van der Waals surface area contributed by atoms with E-state index in [1.807, 2.05) is 4.68 Å². The Kier molecular flexibility index (Phi) is 4.85. The van der Waals surface area contributed by atoms with Crippen molar-refractivity contribution in [2.45, 2.75) is 27.3 Å². The Morgan fingerprint density at radius 1 is 1.07 bits per heavy atom. The first-order chi connectivity index (χ1) is 13.0. The van der Waals surface area contributed by atoms with Crippen molar-refractivity contribution in [3.63, 3.8) is 0 Å². The highest BCUT2D eigenvalue weighted by molar-refractivity contribution is 5.64. The molecule has 140 valence electrons. The van der Waals surface area contributed by atoms with Gasteiger partial charge in [-0.3, -0.25) is 0 Å². The molecular weight excluding hydrogens is 334 g/mol. The normalized spacial score (nSPS) is 15.5. The molecule has 1 aliphatic rings. The predicted octanol–water partition coefficient (Wildman–Crippen LogP) is 4.28. The van der Waals surface area contributed by atoms with Gasteiger partial charge >= 0.3 is 0 Å². The highest BCUT2D eigenvalue weighted by atomic mass is 16.5. The van der Waals surface area contributed by atoms with Crippen LogP contribution in [0.1, 0.15) is 23.6 Å². The standard InChI is InChI=1S/C23H27N3O/c1-17-7-9-21(10-8-17)26-13-20(12-24-14-23(3)15-27-16-23)22(25-26)19-6-4-5-18(2)11-19/h4-11,13,24H,12,14-16H2,1-3H3. The van der Waals surface area contributed by atoms with Gasteiger partial charge < -0.3 is 10.1 Å². The van der Waals surface area contributed by atoms with E-state index in [2.05, 4.69) is 80.8 Å². The van der Waals surface area contributed by atoms with Crippen LogP contribution in [-0.4, -0.2) is 29.5 Å². The van der Waals surface area contributed by atoms with E-state index in [4.69, 9.17) is 9.84 Å². The van der Waals surface area contributed by atoms with Gasteiger partial charge in [0.15, 0.2) is 0 Å². The maximum atomic E-state index is 5.36.